The van der Waals surface area contributed by atoms with Crippen molar-refractivity contribution in [3.05, 3.63) is 42.8 Å². The predicted octanol–water partition coefficient (Wildman–Crippen LogP) is 1.11. The van der Waals surface area contributed by atoms with Crippen molar-refractivity contribution in [1.29, 1.82) is 0 Å². The van der Waals surface area contributed by atoms with Crippen molar-refractivity contribution in [2.45, 2.75) is 25.3 Å². The third-order valence-electron chi connectivity index (χ3n) is 5.15. The van der Waals surface area contributed by atoms with E-state index in [9.17, 15) is 0 Å². The van der Waals surface area contributed by atoms with Gasteiger partial charge in [-0.2, -0.15) is 5.10 Å². The summed E-state index contributed by atoms with van der Waals surface area (Å²) in [6.45, 7) is 2.42. The Morgan fingerprint density at radius 3 is 3.07 bits per heavy atom. The summed E-state index contributed by atoms with van der Waals surface area (Å²) >= 11 is 0. The quantitative estimate of drug-likeness (QED) is 0.578. The Balaban J connectivity index is 1.40. The highest BCUT2D eigenvalue weighted by Gasteiger charge is 2.28. The number of aromatic nitrogens is 9. The van der Waals surface area contributed by atoms with E-state index in [1.807, 2.05) is 24.0 Å². The summed E-state index contributed by atoms with van der Waals surface area (Å²) in [7, 11) is 2.03. The molecule has 1 N–H and O–H groups in total. The van der Waals surface area contributed by atoms with E-state index >= 15 is 0 Å². The zero-order valence-electron chi connectivity index (χ0n) is 15.0. The number of hydrogen-bond acceptors (Lipinski definition) is 7. The molecule has 10 heteroatoms. The number of nitrogens with one attached hydrogen (secondary N) is 1. The Bertz CT molecular complexity index is 1050. The number of anilines is 1. The molecule has 0 radical (unpaired) electrons. The highest BCUT2D eigenvalue weighted by molar-refractivity contribution is 5.82. The van der Waals surface area contributed by atoms with E-state index in [1.165, 1.54) is 0 Å². The summed E-state index contributed by atoms with van der Waals surface area (Å²) in [5.74, 6) is 3.12. The van der Waals surface area contributed by atoms with Gasteiger partial charge in [-0.25, -0.2) is 15.0 Å². The second-order valence-electron chi connectivity index (χ2n) is 6.82. The largest absolute Gasteiger partial charge is 0.354 e. The normalized spacial score (nSPS) is 17.7. The lowest BCUT2D eigenvalue weighted by Gasteiger charge is -2.33. The Hall–Kier alpha value is -3.30. The molecule has 0 spiro atoms. The van der Waals surface area contributed by atoms with Crippen LogP contribution in [0.1, 0.15) is 30.4 Å². The molecule has 1 aliphatic rings. The van der Waals surface area contributed by atoms with Crippen molar-refractivity contribution in [1.82, 2.24) is 44.5 Å². The minimum absolute atomic E-state index is 0.301. The maximum Gasteiger partial charge on any atom is 0.182 e. The zero-order chi connectivity index (χ0) is 18.2. The van der Waals surface area contributed by atoms with Crippen LogP contribution in [0.3, 0.4) is 0 Å². The Morgan fingerprint density at radius 2 is 2.19 bits per heavy atom. The van der Waals surface area contributed by atoms with E-state index in [1.54, 1.807) is 18.9 Å². The number of rotatable bonds is 4. The van der Waals surface area contributed by atoms with Gasteiger partial charge in [-0.3, -0.25) is 4.68 Å². The summed E-state index contributed by atoms with van der Waals surface area (Å²) < 4.78 is 3.96. The number of hydrogen-bond donors (Lipinski definition) is 1. The molecule has 5 heterocycles. The highest BCUT2D eigenvalue weighted by Crippen LogP contribution is 2.30. The Kier molecular flexibility index (Phi) is 3.80. The second kappa shape index (κ2) is 6.45. The molecule has 1 atom stereocenters. The first kappa shape index (κ1) is 15.9. The van der Waals surface area contributed by atoms with Crippen LogP contribution in [0, 0.1) is 0 Å². The molecule has 5 rings (SSSR count). The van der Waals surface area contributed by atoms with E-state index in [0.29, 0.717) is 18.1 Å². The monoisotopic (exact) mass is 364 g/mol. The van der Waals surface area contributed by atoms with E-state index in [-0.39, 0.29) is 0 Å². The third kappa shape index (κ3) is 2.82. The minimum atomic E-state index is 0.301. The van der Waals surface area contributed by atoms with E-state index in [2.05, 4.69) is 44.7 Å². The molecular weight excluding hydrogens is 344 g/mol. The van der Waals surface area contributed by atoms with Gasteiger partial charge in [0.2, 0.25) is 0 Å². The molecule has 0 aliphatic carbocycles. The van der Waals surface area contributed by atoms with Crippen molar-refractivity contribution >= 4 is 17.0 Å². The number of nitrogens with zero attached hydrogens (tertiary/aromatic N) is 9. The molecule has 1 saturated heterocycles. The molecule has 1 unspecified atom stereocenters. The Morgan fingerprint density at radius 1 is 1.22 bits per heavy atom. The lowest BCUT2D eigenvalue weighted by atomic mass is 9.97. The first-order valence-corrected chi connectivity index (χ1v) is 9.04. The van der Waals surface area contributed by atoms with Gasteiger partial charge in [0.25, 0.3) is 0 Å². The lowest BCUT2D eigenvalue weighted by Crippen LogP contribution is -2.36. The third-order valence-corrected chi connectivity index (χ3v) is 5.15. The van der Waals surface area contributed by atoms with Crippen molar-refractivity contribution in [2.24, 2.45) is 7.05 Å². The van der Waals surface area contributed by atoms with E-state index in [4.69, 9.17) is 0 Å². The van der Waals surface area contributed by atoms with Gasteiger partial charge in [0.05, 0.1) is 6.33 Å². The number of aromatic amines is 1. The molecule has 0 saturated carbocycles. The van der Waals surface area contributed by atoms with Crippen LogP contribution in [0.25, 0.3) is 11.2 Å². The van der Waals surface area contributed by atoms with Gasteiger partial charge in [0.15, 0.2) is 17.3 Å². The first-order valence-electron chi connectivity index (χ1n) is 9.04. The highest BCUT2D eigenvalue weighted by atomic mass is 15.3. The molecule has 4 aromatic rings. The molecular formula is C17H20N10. The van der Waals surface area contributed by atoms with Crippen molar-refractivity contribution in [2.75, 3.05) is 18.0 Å². The molecule has 1 fully saturated rings. The van der Waals surface area contributed by atoms with Gasteiger partial charge < -0.3 is 14.5 Å². The topological polar surface area (TPSA) is 106 Å². The molecule has 4 aromatic heterocycles. The van der Waals surface area contributed by atoms with Crippen molar-refractivity contribution in [3.63, 3.8) is 0 Å². The van der Waals surface area contributed by atoms with Gasteiger partial charge in [0, 0.05) is 38.4 Å². The van der Waals surface area contributed by atoms with Crippen LogP contribution >= 0.6 is 0 Å². The van der Waals surface area contributed by atoms with Crippen LogP contribution in [0.2, 0.25) is 0 Å². The summed E-state index contributed by atoms with van der Waals surface area (Å²) in [6, 6.07) is 1.91. The van der Waals surface area contributed by atoms with Crippen LogP contribution in [0.15, 0.2) is 31.1 Å². The number of H-pyrrole nitrogens is 1. The molecule has 27 heavy (non-hydrogen) atoms. The molecule has 0 bridgehead atoms. The zero-order valence-corrected chi connectivity index (χ0v) is 15.0. The van der Waals surface area contributed by atoms with Crippen LogP contribution < -0.4 is 4.90 Å². The Labute approximate surface area is 155 Å². The standard InChI is InChI=1S/C17H20N10/c1-25-13(9-27-7-3-5-22-27)23-24-16(25)12-4-2-6-26(8-12)17-14-15(19-10-18-14)20-11-21-17/h3,5,7,10-12H,2,4,6,8-9H2,1H3,(H,18,19,20,21). The van der Waals surface area contributed by atoms with Crippen LogP contribution in [0.5, 0.6) is 0 Å². The van der Waals surface area contributed by atoms with Gasteiger partial charge in [-0.05, 0) is 18.9 Å². The maximum absolute atomic E-state index is 4.50. The minimum Gasteiger partial charge on any atom is -0.354 e. The maximum atomic E-state index is 4.50. The fourth-order valence-corrected chi connectivity index (χ4v) is 3.78. The number of piperidine rings is 1. The summed E-state index contributed by atoms with van der Waals surface area (Å²) in [6.07, 6.45) is 9.10. The summed E-state index contributed by atoms with van der Waals surface area (Å²) in [5, 5.41) is 13.1. The number of fused-ring (bicyclic) bond motifs is 1. The van der Waals surface area contributed by atoms with Gasteiger partial charge in [0.1, 0.15) is 24.2 Å². The fraction of sp³-hybridized carbons (Fsp3) is 0.412. The SMILES string of the molecule is Cn1c(Cn2cccn2)nnc1C1CCCN(c2ncnc3nc[nH]c23)C1. The predicted molar refractivity (Wildman–Crippen MR) is 98.2 cm³/mol. The second-order valence-corrected chi connectivity index (χ2v) is 6.82. The van der Waals surface area contributed by atoms with Crippen molar-refractivity contribution in [3.8, 4) is 0 Å². The molecule has 1 aliphatic heterocycles. The molecule has 10 nitrogen and oxygen atoms in total. The van der Waals surface area contributed by atoms with E-state index < -0.39 is 0 Å². The smallest absolute Gasteiger partial charge is 0.182 e. The molecule has 0 amide bonds. The van der Waals surface area contributed by atoms with E-state index in [0.717, 1.165) is 48.9 Å². The summed E-state index contributed by atoms with van der Waals surface area (Å²) in [5.41, 5.74) is 1.58. The van der Waals surface area contributed by atoms with Crippen LogP contribution in [0.4, 0.5) is 5.82 Å². The van der Waals surface area contributed by atoms with Gasteiger partial charge >= 0.3 is 0 Å². The fourth-order valence-electron chi connectivity index (χ4n) is 3.78. The first-order chi connectivity index (χ1) is 13.3. The molecule has 138 valence electrons. The summed E-state index contributed by atoms with van der Waals surface area (Å²) in [4.78, 5) is 18.4. The van der Waals surface area contributed by atoms with Gasteiger partial charge in [-0.1, -0.05) is 0 Å². The van der Waals surface area contributed by atoms with Gasteiger partial charge in [-0.15, -0.1) is 10.2 Å². The average molecular weight is 364 g/mol. The number of imidazole rings is 1. The van der Waals surface area contributed by atoms with Crippen LogP contribution in [-0.4, -0.2) is 57.6 Å². The lowest BCUT2D eigenvalue weighted by molar-refractivity contribution is 0.475. The molecule has 0 aromatic carbocycles. The average Bonchev–Trinajstić information content (AvgIpc) is 3.44. The van der Waals surface area contributed by atoms with Crippen molar-refractivity contribution < 1.29 is 0 Å². The van der Waals surface area contributed by atoms with Crippen LogP contribution in [-0.2, 0) is 13.6 Å².